The average molecular weight is 409 g/mol. The van der Waals surface area contributed by atoms with Gasteiger partial charge in [0.05, 0.1) is 33.2 Å². The third kappa shape index (κ3) is 2.10. The molecule has 4 aliphatic rings. The van der Waals surface area contributed by atoms with Crippen LogP contribution in [0.5, 0.6) is 0 Å². The SMILES string of the molecule is C[C@]12O[C@@]3(CCCO[C@H]4C3[C@@H]1C(=O)N4c1cc(Cl)c(C#N)c(Cl)c1)C[C@H]2O. The average Bonchev–Trinajstić information content (AvgIpc) is 3.08. The van der Waals surface area contributed by atoms with Gasteiger partial charge in [-0.2, -0.15) is 5.26 Å². The van der Waals surface area contributed by atoms with Crippen LogP contribution in [0.15, 0.2) is 12.1 Å². The van der Waals surface area contributed by atoms with Crippen LogP contribution in [0.3, 0.4) is 0 Å². The lowest BCUT2D eigenvalue weighted by atomic mass is 9.65. The number of aliphatic hydroxyl groups is 1. The molecular weight excluding hydrogens is 391 g/mol. The minimum Gasteiger partial charge on any atom is -0.390 e. The number of aliphatic hydroxyl groups excluding tert-OH is 1. The predicted molar refractivity (Wildman–Crippen MR) is 97.5 cm³/mol. The predicted octanol–water partition coefficient (Wildman–Crippen LogP) is 2.87. The summed E-state index contributed by atoms with van der Waals surface area (Å²) in [6.07, 6.45) is 0.890. The fraction of sp³-hybridized carbons (Fsp3) is 0.579. The topological polar surface area (TPSA) is 82.8 Å². The first kappa shape index (κ1) is 17.7. The zero-order valence-electron chi connectivity index (χ0n) is 14.6. The lowest BCUT2D eigenvalue weighted by Gasteiger charge is -2.35. The van der Waals surface area contributed by atoms with Crippen molar-refractivity contribution in [2.45, 2.75) is 49.7 Å². The molecule has 1 aromatic rings. The Hall–Kier alpha value is -1.36. The highest BCUT2D eigenvalue weighted by atomic mass is 35.5. The molecule has 1 aromatic carbocycles. The highest BCUT2D eigenvalue weighted by Crippen LogP contribution is 2.64. The molecule has 4 aliphatic heterocycles. The third-order valence-corrected chi connectivity index (χ3v) is 7.32. The van der Waals surface area contributed by atoms with E-state index in [2.05, 4.69) is 0 Å². The second-order valence-electron chi connectivity index (χ2n) is 8.04. The Morgan fingerprint density at radius 2 is 2.07 bits per heavy atom. The summed E-state index contributed by atoms with van der Waals surface area (Å²) in [6, 6.07) is 5.12. The Bertz CT molecular complexity index is 879. The normalized spacial score (nSPS) is 42.2. The summed E-state index contributed by atoms with van der Waals surface area (Å²) >= 11 is 12.4. The Kier molecular flexibility index (Phi) is 3.67. The maximum Gasteiger partial charge on any atom is 0.235 e. The number of rotatable bonds is 1. The number of carbonyl (C=O) groups is 1. The smallest absolute Gasteiger partial charge is 0.235 e. The lowest BCUT2D eigenvalue weighted by molar-refractivity contribution is -0.132. The molecule has 1 amide bonds. The molecule has 0 saturated carbocycles. The summed E-state index contributed by atoms with van der Waals surface area (Å²) in [5.74, 6) is -0.807. The van der Waals surface area contributed by atoms with Crippen molar-refractivity contribution < 1.29 is 19.4 Å². The number of anilines is 1. The van der Waals surface area contributed by atoms with Crippen LogP contribution in [0.4, 0.5) is 5.69 Å². The molecule has 142 valence electrons. The standard InChI is InChI=1S/C19H18Cl2N2O4/c1-18-13(24)7-19(27-18)3-2-4-26-17-15(19)14(18)16(25)23(17)9-5-11(20)10(8-22)12(21)6-9/h5-6,13-15,17,24H,2-4,7H2,1H3/t13-,14-,15?,17+,18-,19+/m1/s1. The van der Waals surface area contributed by atoms with Crippen LogP contribution in [0.2, 0.25) is 10.0 Å². The van der Waals surface area contributed by atoms with Crippen LogP contribution in [-0.4, -0.2) is 41.2 Å². The minimum absolute atomic E-state index is 0.158. The number of hydrogen-bond donors (Lipinski definition) is 1. The number of benzene rings is 1. The van der Waals surface area contributed by atoms with E-state index < -0.39 is 29.5 Å². The Labute approximate surface area is 166 Å². The molecule has 4 saturated heterocycles. The van der Waals surface area contributed by atoms with Gasteiger partial charge >= 0.3 is 0 Å². The van der Waals surface area contributed by atoms with Gasteiger partial charge in [0.2, 0.25) is 5.91 Å². The van der Waals surface area contributed by atoms with Gasteiger partial charge in [0.1, 0.15) is 17.9 Å². The molecule has 4 heterocycles. The first-order valence-corrected chi connectivity index (χ1v) is 9.80. The van der Waals surface area contributed by atoms with Gasteiger partial charge in [-0.1, -0.05) is 23.2 Å². The first-order chi connectivity index (χ1) is 12.8. The molecule has 2 bridgehead atoms. The number of carbonyl (C=O) groups excluding carboxylic acids is 1. The van der Waals surface area contributed by atoms with E-state index in [1.165, 1.54) is 0 Å². The Morgan fingerprint density at radius 3 is 2.74 bits per heavy atom. The van der Waals surface area contributed by atoms with E-state index in [0.29, 0.717) is 18.7 Å². The minimum atomic E-state index is -0.921. The van der Waals surface area contributed by atoms with Crippen molar-refractivity contribution in [3.05, 3.63) is 27.7 Å². The van der Waals surface area contributed by atoms with Gasteiger partial charge in [-0.25, -0.2) is 0 Å². The van der Waals surface area contributed by atoms with Gasteiger partial charge in [-0.15, -0.1) is 0 Å². The molecule has 1 spiro atoms. The second-order valence-corrected chi connectivity index (χ2v) is 8.86. The zero-order chi connectivity index (χ0) is 19.1. The summed E-state index contributed by atoms with van der Waals surface area (Å²) in [7, 11) is 0. The van der Waals surface area contributed by atoms with Gasteiger partial charge in [0, 0.05) is 24.6 Å². The van der Waals surface area contributed by atoms with E-state index >= 15 is 0 Å². The van der Waals surface area contributed by atoms with Gasteiger partial charge < -0.3 is 14.6 Å². The summed E-state index contributed by atoms with van der Waals surface area (Å²) in [5, 5.41) is 20.2. The summed E-state index contributed by atoms with van der Waals surface area (Å²) in [5.41, 5.74) is -0.791. The van der Waals surface area contributed by atoms with Crippen molar-refractivity contribution in [3.8, 4) is 6.07 Å². The molecule has 0 aliphatic carbocycles. The molecule has 4 fully saturated rings. The van der Waals surface area contributed by atoms with Crippen molar-refractivity contribution in [1.29, 1.82) is 5.26 Å². The zero-order valence-corrected chi connectivity index (χ0v) is 16.1. The number of ether oxygens (including phenoxy) is 2. The van der Waals surface area contributed by atoms with Crippen LogP contribution in [-0.2, 0) is 14.3 Å². The van der Waals surface area contributed by atoms with Crippen LogP contribution < -0.4 is 4.90 Å². The van der Waals surface area contributed by atoms with Crippen molar-refractivity contribution in [3.63, 3.8) is 0 Å². The van der Waals surface area contributed by atoms with Gasteiger partial charge in [0.25, 0.3) is 0 Å². The Morgan fingerprint density at radius 1 is 1.37 bits per heavy atom. The van der Waals surface area contributed by atoms with E-state index in [0.717, 1.165) is 12.8 Å². The van der Waals surface area contributed by atoms with Gasteiger partial charge in [0.15, 0.2) is 0 Å². The molecule has 1 N–H and O–H groups in total. The Balaban J connectivity index is 1.65. The van der Waals surface area contributed by atoms with Crippen LogP contribution >= 0.6 is 23.2 Å². The lowest BCUT2D eigenvalue weighted by Crippen LogP contribution is -2.49. The molecular formula is C19H18Cl2N2O4. The molecule has 0 aromatic heterocycles. The van der Waals surface area contributed by atoms with Crippen LogP contribution in [0, 0.1) is 23.2 Å². The maximum absolute atomic E-state index is 13.5. The van der Waals surface area contributed by atoms with Gasteiger partial charge in [-0.05, 0) is 31.9 Å². The van der Waals surface area contributed by atoms with E-state index in [9.17, 15) is 15.2 Å². The van der Waals surface area contributed by atoms with Crippen LogP contribution in [0.1, 0.15) is 31.7 Å². The fourth-order valence-electron chi connectivity index (χ4n) is 5.63. The number of nitrogens with zero attached hydrogens (tertiary/aromatic N) is 2. The third-order valence-electron chi connectivity index (χ3n) is 6.72. The highest BCUT2D eigenvalue weighted by Gasteiger charge is 2.77. The summed E-state index contributed by atoms with van der Waals surface area (Å²) < 4.78 is 12.4. The first-order valence-electron chi connectivity index (χ1n) is 9.04. The largest absolute Gasteiger partial charge is 0.390 e. The molecule has 8 heteroatoms. The van der Waals surface area contributed by atoms with Crippen LogP contribution in [0.25, 0.3) is 0 Å². The number of hydrogen-bond acceptors (Lipinski definition) is 5. The molecule has 0 radical (unpaired) electrons. The molecule has 6 atom stereocenters. The monoisotopic (exact) mass is 408 g/mol. The molecule has 5 rings (SSSR count). The molecule has 6 nitrogen and oxygen atoms in total. The number of nitriles is 1. The van der Waals surface area contributed by atoms with E-state index in [-0.39, 0.29) is 27.4 Å². The van der Waals surface area contributed by atoms with E-state index in [1.54, 1.807) is 17.0 Å². The number of halogens is 2. The number of fused-ring (bicyclic) bond motifs is 2. The molecule has 27 heavy (non-hydrogen) atoms. The highest BCUT2D eigenvalue weighted by molar-refractivity contribution is 6.37. The molecule has 1 unspecified atom stereocenters. The van der Waals surface area contributed by atoms with Crippen molar-refractivity contribution in [2.75, 3.05) is 11.5 Å². The van der Waals surface area contributed by atoms with E-state index in [4.69, 9.17) is 32.7 Å². The van der Waals surface area contributed by atoms with E-state index in [1.807, 2.05) is 13.0 Å². The van der Waals surface area contributed by atoms with Crippen molar-refractivity contribution in [2.24, 2.45) is 11.8 Å². The maximum atomic E-state index is 13.5. The second kappa shape index (κ2) is 5.59. The summed E-state index contributed by atoms with van der Waals surface area (Å²) in [6.45, 7) is 2.33. The van der Waals surface area contributed by atoms with Crippen molar-refractivity contribution in [1.82, 2.24) is 0 Å². The van der Waals surface area contributed by atoms with Gasteiger partial charge in [-0.3, -0.25) is 9.69 Å². The number of amides is 1. The fourth-order valence-corrected chi connectivity index (χ4v) is 6.19. The summed E-state index contributed by atoms with van der Waals surface area (Å²) in [4.78, 5) is 15.1. The van der Waals surface area contributed by atoms with Crippen molar-refractivity contribution >= 4 is 34.8 Å². The quantitative estimate of drug-likeness (QED) is 0.772.